The molecule has 2 N–H and O–H groups in total. The van der Waals surface area contributed by atoms with E-state index >= 15 is 0 Å². The zero-order valence-corrected chi connectivity index (χ0v) is 21.4. The molecule has 1 saturated carbocycles. The van der Waals surface area contributed by atoms with Crippen LogP contribution in [0.3, 0.4) is 0 Å². The van der Waals surface area contributed by atoms with Crippen LogP contribution in [0, 0.1) is 5.92 Å². The molecule has 0 spiro atoms. The summed E-state index contributed by atoms with van der Waals surface area (Å²) in [5.74, 6) is 0.381. The fourth-order valence-electron chi connectivity index (χ4n) is 4.92. The summed E-state index contributed by atoms with van der Waals surface area (Å²) in [4.78, 5) is 27.7. The van der Waals surface area contributed by atoms with Gasteiger partial charge in [-0.2, -0.15) is 0 Å². The van der Waals surface area contributed by atoms with E-state index in [1.165, 1.54) is 24.2 Å². The third-order valence-corrected chi connectivity index (χ3v) is 8.25. The molecule has 5 rings (SSSR count). The molecule has 36 heavy (non-hydrogen) atoms. The molecule has 1 aromatic heterocycles. The van der Waals surface area contributed by atoms with Crippen molar-refractivity contribution < 1.29 is 19.1 Å². The number of nitrogens with zero attached hydrogens (tertiary/aromatic N) is 1. The zero-order valence-electron chi connectivity index (χ0n) is 19.8. The Kier molecular flexibility index (Phi) is 7.12. The van der Waals surface area contributed by atoms with Crippen LogP contribution in [0.5, 0.6) is 0 Å². The van der Waals surface area contributed by atoms with E-state index < -0.39 is 5.97 Å². The van der Waals surface area contributed by atoms with E-state index in [2.05, 4.69) is 12.2 Å². The smallest absolute Gasteiger partial charge is 0.337 e. The summed E-state index contributed by atoms with van der Waals surface area (Å²) in [6.45, 7) is 2.24. The van der Waals surface area contributed by atoms with Crippen LogP contribution in [-0.4, -0.2) is 33.4 Å². The van der Waals surface area contributed by atoms with Crippen molar-refractivity contribution in [3.63, 3.8) is 0 Å². The first-order valence-electron chi connectivity index (χ1n) is 12.1. The van der Waals surface area contributed by atoms with Crippen molar-refractivity contribution in [2.75, 3.05) is 5.32 Å². The lowest BCUT2D eigenvalue weighted by Gasteiger charge is -2.39. The lowest BCUT2D eigenvalue weighted by atomic mass is 9.85. The lowest BCUT2D eigenvalue weighted by molar-refractivity contribution is -0.129. The van der Waals surface area contributed by atoms with Crippen molar-refractivity contribution in [2.45, 2.75) is 44.1 Å². The van der Waals surface area contributed by atoms with Crippen LogP contribution in [-0.2, 0) is 4.79 Å². The largest absolute Gasteiger partial charge is 0.478 e. The second-order valence-electron chi connectivity index (χ2n) is 9.23. The molecule has 3 aromatic rings. The van der Waals surface area contributed by atoms with Crippen molar-refractivity contribution in [1.29, 1.82) is 0 Å². The predicted octanol–water partition coefficient (Wildman–Crippen LogP) is 7.19. The first-order valence-corrected chi connectivity index (χ1v) is 13.3. The Morgan fingerprint density at radius 1 is 1.14 bits per heavy atom. The van der Waals surface area contributed by atoms with Crippen LogP contribution in [0.1, 0.15) is 48.7 Å². The molecule has 1 aliphatic heterocycles. The Labute approximate surface area is 219 Å². The number of hydrogen-bond acceptors (Lipinski definition) is 5. The van der Waals surface area contributed by atoms with E-state index in [1.54, 1.807) is 30.3 Å². The molecule has 2 fully saturated rings. The van der Waals surface area contributed by atoms with Crippen LogP contribution >= 0.6 is 23.4 Å². The Bertz CT molecular complexity index is 1310. The maximum Gasteiger partial charge on any atom is 0.337 e. The van der Waals surface area contributed by atoms with Crippen LogP contribution in [0.15, 0.2) is 70.0 Å². The van der Waals surface area contributed by atoms with Gasteiger partial charge in [-0.15, -0.1) is 0 Å². The predicted molar refractivity (Wildman–Crippen MR) is 144 cm³/mol. The molecule has 186 valence electrons. The SMILES string of the molecule is C[C@H]1CCCC[C@@H]1N1C(=O)/C(=C/c2ccc(-c3ccc(Cl)c(C(=O)O)c3)o2)SC1Nc1ccccc1. The van der Waals surface area contributed by atoms with Crippen molar-refractivity contribution in [3.05, 3.63) is 81.9 Å². The number of furan rings is 1. The summed E-state index contributed by atoms with van der Waals surface area (Å²) in [7, 11) is 0. The maximum absolute atomic E-state index is 13.7. The number of carbonyl (C=O) groups excluding carboxylic acids is 1. The second kappa shape index (κ2) is 10.4. The Morgan fingerprint density at radius 3 is 2.67 bits per heavy atom. The van der Waals surface area contributed by atoms with E-state index in [1.807, 2.05) is 35.2 Å². The van der Waals surface area contributed by atoms with Gasteiger partial charge in [0, 0.05) is 23.4 Å². The number of para-hydroxylation sites is 1. The molecule has 1 unspecified atom stereocenters. The summed E-state index contributed by atoms with van der Waals surface area (Å²) >= 11 is 7.50. The number of halogens is 1. The molecule has 3 atom stereocenters. The van der Waals surface area contributed by atoms with Gasteiger partial charge in [0.2, 0.25) is 0 Å². The van der Waals surface area contributed by atoms with Crippen LogP contribution < -0.4 is 5.32 Å². The number of carboxylic acids is 1. The van der Waals surface area contributed by atoms with Crippen LogP contribution in [0.2, 0.25) is 5.02 Å². The second-order valence-corrected chi connectivity index (χ2v) is 10.8. The minimum atomic E-state index is -1.10. The summed E-state index contributed by atoms with van der Waals surface area (Å²) in [5.41, 5.74) is 1.38. The zero-order chi connectivity index (χ0) is 25.2. The number of hydrogen-bond donors (Lipinski definition) is 2. The van der Waals surface area contributed by atoms with Gasteiger partial charge in [-0.25, -0.2) is 4.79 Å². The van der Waals surface area contributed by atoms with Crippen LogP contribution in [0.4, 0.5) is 5.69 Å². The third kappa shape index (κ3) is 5.04. The third-order valence-electron chi connectivity index (χ3n) is 6.81. The topological polar surface area (TPSA) is 82.8 Å². The minimum absolute atomic E-state index is 0.00443. The minimum Gasteiger partial charge on any atom is -0.478 e. The molecular formula is C28H27ClN2O4S. The number of aromatic carboxylic acids is 1. The number of amides is 1. The molecule has 1 amide bonds. The first kappa shape index (κ1) is 24.5. The fraction of sp³-hybridized carbons (Fsp3) is 0.286. The van der Waals surface area contributed by atoms with Crippen molar-refractivity contribution in [3.8, 4) is 11.3 Å². The highest BCUT2D eigenvalue weighted by Gasteiger charge is 2.43. The quantitative estimate of drug-likeness (QED) is 0.333. The monoisotopic (exact) mass is 522 g/mol. The highest BCUT2D eigenvalue weighted by atomic mass is 35.5. The average molecular weight is 523 g/mol. The molecule has 1 aliphatic carbocycles. The number of anilines is 1. The average Bonchev–Trinajstić information content (AvgIpc) is 3.45. The summed E-state index contributed by atoms with van der Waals surface area (Å²) in [6.07, 6.45) is 6.23. The van der Waals surface area contributed by atoms with Gasteiger partial charge in [0.1, 0.15) is 11.5 Å². The maximum atomic E-state index is 13.7. The summed E-state index contributed by atoms with van der Waals surface area (Å²) in [5, 5.41) is 13.1. The number of thioether (sulfide) groups is 1. The molecule has 2 aromatic carbocycles. The van der Waals surface area contributed by atoms with E-state index in [9.17, 15) is 14.7 Å². The van der Waals surface area contributed by atoms with E-state index in [-0.39, 0.29) is 28.0 Å². The van der Waals surface area contributed by atoms with Crippen LogP contribution in [0.25, 0.3) is 17.4 Å². The van der Waals surface area contributed by atoms with Gasteiger partial charge >= 0.3 is 5.97 Å². The lowest BCUT2D eigenvalue weighted by Crippen LogP contribution is -2.48. The van der Waals surface area contributed by atoms with Gasteiger partial charge < -0.3 is 19.7 Å². The number of rotatable bonds is 6. The molecule has 6 nitrogen and oxygen atoms in total. The number of benzene rings is 2. The Balaban J connectivity index is 1.43. The Hall–Kier alpha value is -3.16. The fourth-order valence-corrected chi connectivity index (χ4v) is 6.31. The van der Waals surface area contributed by atoms with Crippen molar-refractivity contribution >= 4 is 47.0 Å². The number of nitrogens with one attached hydrogen (secondary N) is 1. The van der Waals surface area contributed by atoms with Gasteiger partial charge in [0.15, 0.2) is 5.50 Å². The number of carbonyl (C=O) groups is 2. The molecule has 1 saturated heterocycles. The highest BCUT2D eigenvalue weighted by Crippen LogP contribution is 2.42. The molecule has 2 heterocycles. The standard InChI is InChI=1S/C28H27ClN2O4S/c1-17-7-5-6-10-23(17)31-26(32)25(36-28(31)30-19-8-3-2-4-9-19)16-20-12-14-24(35-20)18-11-13-22(29)21(15-18)27(33)34/h2-4,8-9,11-17,23,28,30H,5-7,10H2,1H3,(H,33,34)/b25-16-/t17-,23-,28?/m0/s1. The van der Waals surface area contributed by atoms with E-state index in [0.717, 1.165) is 24.9 Å². The van der Waals surface area contributed by atoms with Crippen molar-refractivity contribution in [2.24, 2.45) is 5.92 Å². The summed E-state index contributed by atoms with van der Waals surface area (Å²) < 4.78 is 5.99. The first-order chi connectivity index (χ1) is 17.4. The highest BCUT2D eigenvalue weighted by molar-refractivity contribution is 8.05. The number of carboxylic acid groups (broad SMARTS) is 1. The molecule has 2 aliphatic rings. The van der Waals surface area contributed by atoms with Gasteiger partial charge in [-0.3, -0.25) is 4.79 Å². The molecule has 0 bridgehead atoms. The summed E-state index contributed by atoms with van der Waals surface area (Å²) in [6, 6.07) is 18.4. The Morgan fingerprint density at radius 2 is 1.92 bits per heavy atom. The van der Waals surface area contributed by atoms with Gasteiger partial charge in [-0.05, 0) is 61.2 Å². The van der Waals surface area contributed by atoms with E-state index in [4.69, 9.17) is 16.0 Å². The van der Waals surface area contributed by atoms with Gasteiger partial charge in [0.05, 0.1) is 15.5 Å². The molecule has 0 radical (unpaired) electrons. The normalized spacial score (nSPS) is 23.3. The van der Waals surface area contributed by atoms with Gasteiger partial charge in [0.25, 0.3) is 5.91 Å². The van der Waals surface area contributed by atoms with E-state index in [0.29, 0.717) is 27.9 Å². The molecular weight excluding hydrogens is 496 g/mol. The van der Waals surface area contributed by atoms with Crippen molar-refractivity contribution in [1.82, 2.24) is 4.90 Å². The molecule has 8 heteroatoms. The van der Waals surface area contributed by atoms with Gasteiger partial charge in [-0.1, -0.05) is 61.3 Å².